The molecule has 0 unspecified atom stereocenters. The van der Waals surface area contributed by atoms with Crippen LogP contribution in [0, 0.1) is 0 Å². The van der Waals surface area contributed by atoms with Crippen LogP contribution in [0.15, 0.2) is 84.9 Å². The summed E-state index contributed by atoms with van der Waals surface area (Å²) in [5.41, 5.74) is 1.16. The molecule has 0 radical (unpaired) electrons. The first-order valence-electron chi connectivity index (χ1n) is 12.2. The van der Waals surface area contributed by atoms with Gasteiger partial charge in [0.25, 0.3) is 0 Å². The van der Waals surface area contributed by atoms with Crippen LogP contribution in [0.25, 0.3) is 12.2 Å². The summed E-state index contributed by atoms with van der Waals surface area (Å²) in [5.74, 6) is -1.40. The highest BCUT2D eigenvalue weighted by atomic mass is 16.5. The number of hydrogen-bond acceptors (Lipinski definition) is 9. The van der Waals surface area contributed by atoms with Gasteiger partial charge in [-0.25, -0.2) is 0 Å². The predicted octanol–water partition coefficient (Wildman–Crippen LogP) is 6.11. The van der Waals surface area contributed by atoms with Crippen LogP contribution >= 0.6 is 0 Å². The van der Waals surface area contributed by atoms with E-state index in [1.807, 2.05) is 0 Å². The molecule has 0 fully saturated rings. The minimum atomic E-state index is -0.526. The number of benzene rings is 4. The van der Waals surface area contributed by atoms with Gasteiger partial charge in [-0.3, -0.25) is 9.59 Å². The Balaban J connectivity index is 1.56. The van der Waals surface area contributed by atoms with Gasteiger partial charge in [0, 0.05) is 24.3 Å². The Morgan fingerprint density at radius 3 is 1.29 bits per heavy atom. The number of phenolic OH excluding ortho intramolecular Hbond substituents is 4. The lowest BCUT2D eigenvalue weighted by atomic mass is 10.1. The second kappa shape index (κ2) is 12.4. The van der Waals surface area contributed by atoms with Gasteiger partial charge in [-0.05, 0) is 47.5 Å². The van der Waals surface area contributed by atoms with Crippen LogP contribution in [0.3, 0.4) is 0 Å². The first-order valence-corrected chi connectivity index (χ1v) is 12.2. The van der Waals surface area contributed by atoms with Gasteiger partial charge in [-0.2, -0.15) is 0 Å². The molecule has 4 aromatic rings. The number of carbonyl (C=O) groups is 2. The predicted molar refractivity (Wildman–Crippen MR) is 152 cm³/mol. The number of ether oxygens (including phenoxy) is 3. The Morgan fingerprint density at radius 2 is 0.951 bits per heavy atom. The zero-order valence-corrected chi connectivity index (χ0v) is 22.1. The molecule has 0 aliphatic rings. The molecule has 0 saturated carbocycles. The molecule has 4 N–H and O–H groups in total. The zero-order valence-electron chi connectivity index (χ0n) is 22.1. The fourth-order valence-electron chi connectivity index (χ4n) is 3.90. The van der Waals surface area contributed by atoms with Crippen molar-refractivity contribution in [3.8, 4) is 46.0 Å². The molecule has 0 bridgehead atoms. The van der Waals surface area contributed by atoms with E-state index in [2.05, 4.69) is 0 Å². The summed E-state index contributed by atoms with van der Waals surface area (Å²) >= 11 is 0. The zero-order chi connectivity index (χ0) is 29.5. The average molecular weight is 555 g/mol. The van der Waals surface area contributed by atoms with Crippen molar-refractivity contribution in [1.29, 1.82) is 0 Å². The lowest BCUT2D eigenvalue weighted by Crippen LogP contribution is -2.02. The quantitative estimate of drug-likeness (QED) is 0.135. The van der Waals surface area contributed by atoms with Crippen LogP contribution in [0.4, 0.5) is 0 Å². The van der Waals surface area contributed by atoms with E-state index in [9.17, 15) is 30.0 Å². The molecule has 4 rings (SSSR count). The van der Waals surface area contributed by atoms with Gasteiger partial charge in [0.1, 0.15) is 57.1 Å². The Bertz CT molecular complexity index is 1510. The van der Waals surface area contributed by atoms with Crippen LogP contribution < -0.4 is 14.2 Å². The van der Waals surface area contributed by atoms with Gasteiger partial charge >= 0.3 is 0 Å². The molecule has 0 spiro atoms. The van der Waals surface area contributed by atoms with E-state index in [1.165, 1.54) is 87.1 Å². The van der Waals surface area contributed by atoms with Gasteiger partial charge in [0.05, 0.1) is 14.2 Å². The highest BCUT2D eigenvalue weighted by Crippen LogP contribution is 2.39. The van der Waals surface area contributed by atoms with Crippen molar-refractivity contribution in [2.45, 2.75) is 0 Å². The van der Waals surface area contributed by atoms with E-state index in [0.29, 0.717) is 11.1 Å². The summed E-state index contributed by atoms with van der Waals surface area (Å²) < 4.78 is 16.4. The van der Waals surface area contributed by atoms with Crippen LogP contribution in [0.2, 0.25) is 0 Å². The van der Waals surface area contributed by atoms with Crippen LogP contribution in [0.5, 0.6) is 46.0 Å². The molecular formula is C32H26O9. The summed E-state index contributed by atoms with van der Waals surface area (Å²) in [6.07, 6.45) is 5.59. The highest BCUT2D eigenvalue weighted by molar-refractivity contribution is 6.11. The van der Waals surface area contributed by atoms with E-state index >= 15 is 0 Å². The van der Waals surface area contributed by atoms with Crippen molar-refractivity contribution in [1.82, 2.24) is 0 Å². The minimum absolute atomic E-state index is 0.0442. The smallest absolute Gasteiger partial charge is 0.193 e. The molecule has 41 heavy (non-hydrogen) atoms. The molecule has 0 aromatic heterocycles. The van der Waals surface area contributed by atoms with Gasteiger partial charge in [0.2, 0.25) is 0 Å². The average Bonchev–Trinajstić information content (AvgIpc) is 2.95. The lowest BCUT2D eigenvalue weighted by molar-refractivity contribution is 0.103. The third-order valence-electron chi connectivity index (χ3n) is 5.92. The molecule has 0 saturated heterocycles. The number of aromatic hydroxyl groups is 4. The van der Waals surface area contributed by atoms with Crippen molar-refractivity contribution in [3.05, 3.63) is 107 Å². The lowest BCUT2D eigenvalue weighted by Gasteiger charge is -2.14. The van der Waals surface area contributed by atoms with E-state index in [0.717, 1.165) is 0 Å². The fourth-order valence-corrected chi connectivity index (χ4v) is 3.90. The van der Waals surface area contributed by atoms with Crippen molar-refractivity contribution in [2.75, 3.05) is 14.2 Å². The maximum atomic E-state index is 12.8. The number of methoxy groups -OCH3 is 2. The Labute approximate surface area is 235 Å². The number of rotatable bonds is 10. The summed E-state index contributed by atoms with van der Waals surface area (Å²) in [6, 6.07) is 17.7. The van der Waals surface area contributed by atoms with Crippen LogP contribution in [-0.4, -0.2) is 46.2 Å². The van der Waals surface area contributed by atoms with Gasteiger partial charge in [-0.15, -0.1) is 0 Å². The Hall–Kier alpha value is -5.70. The summed E-state index contributed by atoms with van der Waals surface area (Å²) in [6.45, 7) is 0. The van der Waals surface area contributed by atoms with Gasteiger partial charge in [0.15, 0.2) is 11.6 Å². The van der Waals surface area contributed by atoms with E-state index < -0.39 is 23.1 Å². The van der Waals surface area contributed by atoms with E-state index in [1.54, 1.807) is 24.3 Å². The number of carbonyl (C=O) groups excluding carboxylic acids is 2. The summed E-state index contributed by atoms with van der Waals surface area (Å²) in [7, 11) is 2.67. The molecule has 4 aromatic carbocycles. The Morgan fingerprint density at radius 1 is 0.585 bits per heavy atom. The molecule has 0 amide bonds. The summed E-state index contributed by atoms with van der Waals surface area (Å²) in [4.78, 5) is 25.7. The largest absolute Gasteiger partial charge is 0.508 e. The van der Waals surface area contributed by atoms with Crippen molar-refractivity contribution < 1.29 is 44.2 Å². The van der Waals surface area contributed by atoms with Crippen LogP contribution in [0.1, 0.15) is 31.8 Å². The second-order valence-electron chi connectivity index (χ2n) is 8.72. The first kappa shape index (κ1) is 28.3. The SMILES string of the molecule is COc1cc(Oc2cc(O)c(C(=O)/C=C/c3ccc(O)cc3)c(OC)c2)cc(O)c1C(=O)/C=C/c1ccc(O)cc1. The molecule has 9 nitrogen and oxygen atoms in total. The summed E-state index contributed by atoms with van der Waals surface area (Å²) in [5, 5.41) is 40.1. The van der Waals surface area contributed by atoms with Crippen molar-refractivity contribution >= 4 is 23.7 Å². The number of hydrogen-bond donors (Lipinski definition) is 4. The standard InChI is InChI=1S/C32H26O9/c1-39-29-17-23(15-27(37)31(29)25(35)13-7-19-3-9-21(33)10-4-19)41-24-16-28(38)32(30(18-24)40-2)26(36)14-8-20-5-11-22(34)12-6-20/h3-18,33-34,37-38H,1-2H3/b13-7+,14-8+. The third kappa shape index (κ3) is 6.85. The fraction of sp³-hybridized carbons (Fsp3) is 0.0625. The van der Waals surface area contributed by atoms with Gasteiger partial charge < -0.3 is 34.6 Å². The third-order valence-corrected chi connectivity index (χ3v) is 5.92. The number of phenols is 4. The van der Waals surface area contributed by atoms with Crippen LogP contribution in [-0.2, 0) is 0 Å². The number of allylic oxidation sites excluding steroid dienone is 2. The first-order chi connectivity index (χ1) is 19.7. The molecule has 9 heteroatoms. The molecular weight excluding hydrogens is 528 g/mol. The van der Waals surface area contributed by atoms with E-state index in [-0.39, 0.29) is 45.6 Å². The van der Waals surface area contributed by atoms with Crippen molar-refractivity contribution in [3.63, 3.8) is 0 Å². The molecule has 208 valence electrons. The number of ketones is 2. The molecule has 0 heterocycles. The maximum absolute atomic E-state index is 12.8. The maximum Gasteiger partial charge on any atom is 0.193 e. The molecule has 0 aliphatic heterocycles. The van der Waals surface area contributed by atoms with Crippen molar-refractivity contribution in [2.24, 2.45) is 0 Å². The van der Waals surface area contributed by atoms with E-state index in [4.69, 9.17) is 14.2 Å². The monoisotopic (exact) mass is 554 g/mol. The molecule has 0 aliphatic carbocycles. The van der Waals surface area contributed by atoms with Gasteiger partial charge in [-0.1, -0.05) is 36.4 Å². The topological polar surface area (TPSA) is 143 Å². The normalized spacial score (nSPS) is 11.1. The highest BCUT2D eigenvalue weighted by Gasteiger charge is 2.20. The minimum Gasteiger partial charge on any atom is -0.508 e. The molecule has 0 atom stereocenters. The second-order valence-corrected chi connectivity index (χ2v) is 8.72. The Kier molecular flexibility index (Phi) is 8.59.